The Labute approximate surface area is 118 Å². The highest BCUT2D eigenvalue weighted by Crippen LogP contribution is 2.22. The normalized spacial score (nSPS) is 22.7. The van der Waals surface area contributed by atoms with Gasteiger partial charge in [0.15, 0.2) is 5.82 Å². The second-order valence-corrected chi connectivity index (χ2v) is 5.44. The van der Waals surface area contributed by atoms with Crippen LogP contribution in [-0.4, -0.2) is 32.3 Å². The van der Waals surface area contributed by atoms with Crippen LogP contribution in [0.3, 0.4) is 0 Å². The van der Waals surface area contributed by atoms with E-state index in [0.717, 1.165) is 42.9 Å². The standard InChI is InChI=1S/C14H20N6/c1-10-17-18-19-20(10)14-4-2-3-13(9-14)16-12-7-5-11(15)6-8-12/h2-4,9,11-12,16H,5-8,15H2,1H3. The lowest BCUT2D eigenvalue weighted by Gasteiger charge is -2.27. The molecule has 0 unspecified atom stereocenters. The summed E-state index contributed by atoms with van der Waals surface area (Å²) in [7, 11) is 0. The molecule has 0 amide bonds. The van der Waals surface area contributed by atoms with Crippen LogP contribution < -0.4 is 11.1 Å². The highest BCUT2D eigenvalue weighted by molar-refractivity contribution is 5.51. The van der Waals surface area contributed by atoms with E-state index in [2.05, 4.69) is 33.0 Å². The first-order valence-electron chi connectivity index (χ1n) is 7.10. The Hall–Kier alpha value is -1.95. The molecule has 0 bridgehead atoms. The van der Waals surface area contributed by atoms with Crippen molar-refractivity contribution in [1.29, 1.82) is 0 Å². The van der Waals surface area contributed by atoms with Gasteiger partial charge in [0.1, 0.15) is 0 Å². The van der Waals surface area contributed by atoms with Gasteiger partial charge in [0.25, 0.3) is 0 Å². The predicted molar refractivity (Wildman–Crippen MR) is 77.7 cm³/mol. The van der Waals surface area contributed by atoms with E-state index in [1.54, 1.807) is 4.68 Å². The molecule has 3 rings (SSSR count). The zero-order valence-electron chi connectivity index (χ0n) is 11.7. The van der Waals surface area contributed by atoms with Crippen molar-refractivity contribution in [1.82, 2.24) is 20.2 Å². The maximum atomic E-state index is 5.94. The minimum Gasteiger partial charge on any atom is -0.382 e. The van der Waals surface area contributed by atoms with Gasteiger partial charge >= 0.3 is 0 Å². The number of nitrogens with zero attached hydrogens (tertiary/aromatic N) is 4. The molecule has 0 radical (unpaired) electrons. The molecule has 6 heteroatoms. The van der Waals surface area contributed by atoms with E-state index in [4.69, 9.17) is 5.73 Å². The van der Waals surface area contributed by atoms with Gasteiger partial charge in [-0.25, -0.2) is 0 Å². The summed E-state index contributed by atoms with van der Waals surface area (Å²) in [5.74, 6) is 0.783. The molecule has 6 nitrogen and oxygen atoms in total. The molecular formula is C14H20N6. The van der Waals surface area contributed by atoms with Crippen molar-refractivity contribution >= 4 is 5.69 Å². The predicted octanol–water partition coefficient (Wildman–Crippen LogP) is 1.65. The summed E-state index contributed by atoms with van der Waals surface area (Å²) >= 11 is 0. The third-order valence-corrected chi connectivity index (χ3v) is 3.86. The Kier molecular flexibility index (Phi) is 3.64. The number of nitrogens with one attached hydrogen (secondary N) is 1. The van der Waals surface area contributed by atoms with E-state index in [-0.39, 0.29) is 0 Å². The van der Waals surface area contributed by atoms with Crippen molar-refractivity contribution in [2.45, 2.75) is 44.7 Å². The van der Waals surface area contributed by atoms with E-state index >= 15 is 0 Å². The molecule has 1 aromatic carbocycles. The Morgan fingerprint density at radius 3 is 2.75 bits per heavy atom. The molecule has 1 aliphatic carbocycles. The Morgan fingerprint density at radius 1 is 1.25 bits per heavy atom. The number of aromatic nitrogens is 4. The number of tetrazole rings is 1. The van der Waals surface area contributed by atoms with Crippen LogP contribution in [0.25, 0.3) is 5.69 Å². The first-order valence-corrected chi connectivity index (χ1v) is 7.10. The molecule has 0 atom stereocenters. The van der Waals surface area contributed by atoms with Crippen molar-refractivity contribution < 1.29 is 0 Å². The molecule has 106 valence electrons. The third-order valence-electron chi connectivity index (χ3n) is 3.86. The number of anilines is 1. The molecular weight excluding hydrogens is 252 g/mol. The Bertz CT molecular complexity index is 571. The number of aryl methyl sites for hydroxylation is 1. The second-order valence-electron chi connectivity index (χ2n) is 5.44. The van der Waals surface area contributed by atoms with Crippen LogP contribution >= 0.6 is 0 Å². The molecule has 3 N–H and O–H groups in total. The van der Waals surface area contributed by atoms with E-state index in [9.17, 15) is 0 Å². The Morgan fingerprint density at radius 2 is 2.05 bits per heavy atom. The number of rotatable bonds is 3. The van der Waals surface area contributed by atoms with Crippen LogP contribution in [0.15, 0.2) is 24.3 Å². The zero-order valence-corrected chi connectivity index (χ0v) is 11.7. The lowest BCUT2D eigenvalue weighted by atomic mass is 9.91. The number of nitrogens with two attached hydrogens (primary N) is 1. The van der Waals surface area contributed by atoms with Crippen LogP contribution in [0.2, 0.25) is 0 Å². The number of hydrogen-bond acceptors (Lipinski definition) is 5. The quantitative estimate of drug-likeness (QED) is 0.888. The lowest BCUT2D eigenvalue weighted by molar-refractivity contribution is 0.411. The van der Waals surface area contributed by atoms with Crippen molar-refractivity contribution in [2.75, 3.05) is 5.32 Å². The fourth-order valence-corrected chi connectivity index (χ4v) is 2.70. The fraction of sp³-hybridized carbons (Fsp3) is 0.500. The van der Waals surface area contributed by atoms with Gasteiger partial charge in [0.2, 0.25) is 0 Å². The maximum Gasteiger partial charge on any atom is 0.153 e. The SMILES string of the molecule is Cc1nnnn1-c1cccc(NC2CCC(N)CC2)c1. The van der Waals surface area contributed by atoms with Crippen molar-refractivity contribution in [3.8, 4) is 5.69 Å². The highest BCUT2D eigenvalue weighted by atomic mass is 15.5. The zero-order chi connectivity index (χ0) is 13.9. The van der Waals surface area contributed by atoms with Gasteiger partial charge in [0.05, 0.1) is 5.69 Å². The Balaban J connectivity index is 1.73. The maximum absolute atomic E-state index is 5.94. The molecule has 1 aliphatic rings. The number of benzene rings is 1. The van der Waals surface area contributed by atoms with E-state index < -0.39 is 0 Å². The van der Waals surface area contributed by atoms with Crippen molar-refractivity contribution in [2.24, 2.45) is 5.73 Å². The summed E-state index contributed by atoms with van der Waals surface area (Å²) in [4.78, 5) is 0. The summed E-state index contributed by atoms with van der Waals surface area (Å²) in [5, 5.41) is 15.2. The summed E-state index contributed by atoms with van der Waals surface area (Å²) in [5.41, 5.74) is 8.03. The van der Waals surface area contributed by atoms with E-state index in [1.807, 2.05) is 19.1 Å². The van der Waals surface area contributed by atoms with Gasteiger partial charge in [-0.2, -0.15) is 4.68 Å². The van der Waals surface area contributed by atoms with Gasteiger partial charge in [-0.15, -0.1) is 5.10 Å². The minimum absolute atomic E-state index is 0.378. The molecule has 2 aromatic rings. The van der Waals surface area contributed by atoms with Crippen molar-refractivity contribution in [3.63, 3.8) is 0 Å². The second kappa shape index (κ2) is 5.58. The molecule has 20 heavy (non-hydrogen) atoms. The smallest absolute Gasteiger partial charge is 0.153 e. The molecule has 1 saturated carbocycles. The monoisotopic (exact) mass is 272 g/mol. The third kappa shape index (κ3) is 2.80. The number of hydrogen-bond donors (Lipinski definition) is 2. The summed E-state index contributed by atoms with van der Waals surface area (Å²) < 4.78 is 1.74. The fourth-order valence-electron chi connectivity index (χ4n) is 2.70. The molecule has 1 aromatic heterocycles. The molecule has 1 heterocycles. The van der Waals surface area contributed by atoms with Crippen LogP contribution in [0.4, 0.5) is 5.69 Å². The van der Waals surface area contributed by atoms with Crippen LogP contribution in [0, 0.1) is 6.92 Å². The van der Waals surface area contributed by atoms with Gasteiger partial charge in [-0.3, -0.25) is 0 Å². The summed E-state index contributed by atoms with van der Waals surface area (Å²) in [6.45, 7) is 1.89. The van der Waals surface area contributed by atoms with Gasteiger partial charge in [-0.1, -0.05) is 6.07 Å². The average Bonchev–Trinajstić information content (AvgIpc) is 2.88. The molecule has 0 aliphatic heterocycles. The molecule has 0 saturated heterocycles. The molecule has 0 spiro atoms. The summed E-state index contributed by atoms with van der Waals surface area (Å²) in [6, 6.07) is 9.08. The average molecular weight is 272 g/mol. The van der Waals surface area contributed by atoms with E-state index in [1.165, 1.54) is 0 Å². The summed E-state index contributed by atoms with van der Waals surface area (Å²) in [6.07, 6.45) is 4.47. The first kappa shape index (κ1) is 13.1. The van der Waals surface area contributed by atoms with E-state index in [0.29, 0.717) is 12.1 Å². The topological polar surface area (TPSA) is 81.7 Å². The van der Waals surface area contributed by atoms with Crippen molar-refractivity contribution in [3.05, 3.63) is 30.1 Å². The van der Waals surface area contributed by atoms with Gasteiger partial charge < -0.3 is 11.1 Å². The first-order chi connectivity index (χ1) is 9.72. The van der Waals surface area contributed by atoms with Crippen LogP contribution in [-0.2, 0) is 0 Å². The largest absolute Gasteiger partial charge is 0.382 e. The van der Waals surface area contributed by atoms with Crippen LogP contribution in [0.5, 0.6) is 0 Å². The van der Waals surface area contributed by atoms with Crippen LogP contribution in [0.1, 0.15) is 31.5 Å². The lowest BCUT2D eigenvalue weighted by Crippen LogP contribution is -2.32. The minimum atomic E-state index is 0.378. The highest BCUT2D eigenvalue weighted by Gasteiger charge is 2.18. The van der Waals surface area contributed by atoms with Gasteiger partial charge in [0, 0.05) is 17.8 Å². The molecule has 1 fully saturated rings. The van der Waals surface area contributed by atoms with Gasteiger partial charge in [-0.05, 0) is 61.2 Å².